The van der Waals surface area contributed by atoms with E-state index in [-0.39, 0.29) is 11.9 Å². The third-order valence-electron chi connectivity index (χ3n) is 4.65. The van der Waals surface area contributed by atoms with Gasteiger partial charge >= 0.3 is 0 Å². The monoisotopic (exact) mass is 336 g/mol. The maximum atomic E-state index is 13.1. The van der Waals surface area contributed by atoms with Crippen molar-refractivity contribution in [2.75, 3.05) is 6.54 Å². The van der Waals surface area contributed by atoms with Gasteiger partial charge in [-0.05, 0) is 38.0 Å². The zero-order valence-electron chi connectivity index (χ0n) is 14.3. The molecule has 3 heterocycles. The molecule has 1 aliphatic rings. The van der Waals surface area contributed by atoms with E-state index in [1.165, 1.54) is 0 Å². The van der Waals surface area contributed by atoms with Crippen molar-refractivity contribution in [1.29, 1.82) is 0 Å². The quantitative estimate of drug-likeness (QED) is 0.736. The van der Waals surface area contributed by atoms with Gasteiger partial charge in [-0.3, -0.25) is 9.36 Å². The summed E-state index contributed by atoms with van der Waals surface area (Å²) >= 11 is 0. The van der Waals surface area contributed by atoms with Crippen LogP contribution in [-0.4, -0.2) is 41.7 Å². The van der Waals surface area contributed by atoms with Gasteiger partial charge in [0.15, 0.2) is 0 Å². The number of rotatable bonds is 3. The van der Waals surface area contributed by atoms with Gasteiger partial charge in [0.25, 0.3) is 5.91 Å². The second kappa shape index (κ2) is 6.16. The Hall–Kier alpha value is -2.96. The molecular formula is C18H20N6O. The molecule has 0 spiro atoms. The third-order valence-corrected chi connectivity index (χ3v) is 4.65. The number of likely N-dealkylation sites (tertiary alicyclic amines) is 1. The maximum Gasteiger partial charge on any atom is 0.254 e. The van der Waals surface area contributed by atoms with Crippen LogP contribution in [0.2, 0.25) is 0 Å². The fourth-order valence-electron chi connectivity index (χ4n) is 3.52. The van der Waals surface area contributed by atoms with E-state index in [0.29, 0.717) is 5.56 Å². The van der Waals surface area contributed by atoms with Crippen molar-refractivity contribution < 1.29 is 4.79 Å². The number of nitrogens with zero attached hydrogens (tertiary/aromatic N) is 6. The number of benzene rings is 1. The SMILES string of the molecule is Cc1cn(C)c(C2CCCN2C(=O)c2cccc(-n3cnnc3)c2)n1. The first-order chi connectivity index (χ1) is 12.1. The first kappa shape index (κ1) is 15.6. The predicted molar refractivity (Wildman–Crippen MR) is 92.3 cm³/mol. The van der Waals surface area contributed by atoms with Gasteiger partial charge in [-0.1, -0.05) is 6.07 Å². The summed E-state index contributed by atoms with van der Waals surface area (Å²) in [5.41, 5.74) is 2.52. The van der Waals surface area contributed by atoms with Gasteiger partial charge in [0.1, 0.15) is 18.5 Å². The van der Waals surface area contributed by atoms with E-state index < -0.39 is 0 Å². The molecule has 1 amide bonds. The summed E-state index contributed by atoms with van der Waals surface area (Å²) in [6.45, 7) is 2.74. The molecule has 7 heteroatoms. The molecular weight excluding hydrogens is 316 g/mol. The minimum atomic E-state index is 0.0322. The Morgan fingerprint density at radius 3 is 2.76 bits per heavy atom. The molecule has 0 saturated carbocycles. The van der Waals surface area contributed by atoms with Crippen molar-refractivity contribution >= 4 is 5.91 Å². The molecule has 2 aromatic heterocycles. The zero-order valence-corrected chi connectivity index (χ0v) is 14.3. The van der Waals surface area contributed by atoms with Crippen LogP contribution in [0, 0.1) is 6.92 Å². The fraction of sp³-hybridized carbons (Fsp3) is 0.333. The molecule has 3 aromatic rings. The predicted octanol–water partition coefficient (Wildman–Crippen LogP) is 2.29. The van der Waals surface area contributed by atoms with E-state index in [9.17, 15) is 4.79 Å². The normalized spacial score (nSPS) is 17.2. The van der Waals surface area contributed by atoms with Gasteiger partial charge in [-0.25, -0.2) is 4.98 Å². The second-order valence-electron chi connectivity index (χ2n) is 6.43. The number of aryl methyl sites for hydroxylation is 2. The molecule has 1 aromatic carbocycles. The fourth-order valence-corrected chi connectivity index (χ4v) is 3.52. The number of amides is 1. The van der Waals surface area contributed by atoms with Crippen molar-refractivity contribution in [3.05, 3.63) is 60.2 Å². The Kier molecular flexibility index (Phi) is 3.83. The van der Waals surface area contributed by atoms with E-state index in [2.05, 4.69) is 15.2 Å². The minimum absolute atomic E-state index is 0.0322. The Morgan fingerprint density at radius 1 is 1.24 bits per heavy atom. The van der Waals surface area contributed by atoms with Gasteiger partial charge in [-0.15, -0.1) is 10.2 Å². The van der Waals surface area contributed by atoms with Gasteiger partial charge < -0.3 is 9.47 Å². The molecule has 1 saturated heterocycles. The zero-order chi connectivity index (χ0) is 17.4. The average molecular weight is 336 g/mol. The summed E-state index contributed by atoms with van der Waals surface area (Å²) in [6.07, 6.45) is 7.19. The lowest BCUT2D eigenvalue weighted by Gasteiger charge is -2.24. The van der Waals surface area contributed by atoms with Crippen LogP contribution in [0.15, 0.2) is 43.1 Å². The second-order valence-corrected chi connectivity index (χ2v) is 6.43. The topological polar surface area (TPSA) is 68.8 Å². The van der Waals surface area contributed by atoms with Crippen molar-refractivity contribution in [2.45, 2.75) is 25.8 Å². The summed E-state index contributed by atoms with van der Waals surface area (Å²) in [4.78, 5) is 19.7. The molecule has 25 heavy (non-hydrogen) atoms. The van der Waals surface area contributed by atoms with E-state index in [4.69, 9.17) is 0 Å². The highest BCUT2D eigenvalue weighted by Gasteiger charge is 2.33. The number of imidazole rings is 1. The number of carbonyl (C=O) groups is 1. The summed E-state index contributed by atoms with van der Waals surface area (Å²) in [5, 5.41) is 7.64. The number of carbonyl (C=O) groups excluding carboxylic acids is 1. The largest absolute Gasteiger partial charge is 0.336 e. The Morgan fingerprint density at radius 2 is 2.04 bits per heavy atom. The Labute approximate surface area is 145 Å². The van der Waals surface area contributed by atoms with Crippen LogP contribution in [0.3, 0.4) is 0 Å². The van der Waals surface area contributed by atoms with Crippen molar-refractivity contribution in [3.63, 3.8) is 0 Å². The molecule has 0 aliphatic carbocycles. The van der Waals surface area contributed by atoms with Crippen LogP contribution in [0.5, 0.6) is 0 Å². The van der Waals surface area contributed by atoms with Crippen molar-refractivity contribution in [3.8, 4) is 5.69 Å². The van der Waals surface area contributed by atoms with E-state index in [1.807, 2.05) is 53.9 Å². The molecule has 1 unspecified atom stereocenters. The average Bonchev–Trinajstić information content (AvgIpc) is 3.35. The molecule has 0 N–H and O–H groups in total. The van der Waals surface area contributed by atoms with Gasteiger partial charge in [0.05, 0.1) is 11.7 Å². The van der Waals surface area contributed by atoms with E-state index >= 15 is 0 Å². The van der Waals surface area contributed by atoms with Crippen molar-refractivity contribution in [1.82, 2.24) is 29.2 Å². The molecule has 7 nitrogen and oxygen atoms in total. The summed E-state index contributed by atoms with van der Waals surface area (Å²) in [5.74, 6) is 0.997. The lowest BCUT2D eigenvalue weighted by atomic mass is 10.1. The number of hydrogen-bond acceptors (Lipinski definition) is 4. The minimum Gasteiger partial charge on any atom is -0.336 e. The standard InChI is InChI=1S/C18H20N6O/c1-13-10-22(2)17(21-13)16-7-4-8-24(16)18(25)14-5-3-6-15(9-14)23-11-19-20-12-23/h3,5-6,9-12,16H,4,7-8H2,1-2H3. The summed E-state index contributed by atoms with van der Waals surface area (Å²) in [7, 11) is 1.99. The smallest absolute Gasteiger partial charge is 0.254 e. The van der Waals surface area contributed by atoms with Crippen molar-refractivity contribution in [2.24, 2.45) is 7.05 Å². The van der Waals surface area contributed by atoms with Crippen LogP contribution in [-0.2, 0) is 7.05 Å². The van der Waals surface area contributed by atoms with Gasteiger partial charge in [0.2, 0.25) is 0 Å². The highest BCUT2D eigenvalue weighted by molar-refractivity contribution is 5.95. The van der Waals surface area contributed by atoms with Crippen LogP contribution < -0.4 is 0 Å². The van der Waals surface area contributed by atoms with E-state index in [0.717, 1.165) is 36.6 Å². The Balaban J connectivity index is 1.64. The van der Waals surface area contributed by atoms with E-state index in [1.54, 1.807) is 17.2 Å². The molecule has 1 aliphatic heterocycles. The highest BCUT2D eigenvalue weighted by atomic mass is 16.2. The number of hydrogen-bond donors (Lipinski definition) is 0. The first-order valence-electron chi connectivity index (χ1n) is 8.39. The van der Waals surface area contributed by atoms with Crippen LogP contribution in [0.25, 0.3) is 5.69 Å². The number of aromatic nitrogens is 5. The molecule has 1 atom stereocenters. The molecule has 1 fully saturated rings. The third kappa shape index (κ3) is 2.82. The Bertz CT molecular complexity index is 898. The maximum absolute atomic E-state index is 13.1. The molecule has 0 radical (unpaired) electrons. The van der Waals surface area contributed by atoms with Gasteiger partial charge in [0, 0.05) is 31.0 Å². The lowest BCUT2D eigenvalue weighted by molar-refractivity contribution is 0.0728. The van der Waals surface area contributed by atoms with Crippen LogP contribution in [0.4, 0.5) is 0 Å². The van der Waals surface area contributed by atoms with Crippen LogP contribution >= 0.6 is 0 Å². The van der Waals surface area contributed by atoms with Gasteiger partial charge in [-0.2, -0.15) is 0 Å². The summed E-state index contributed by atoms with van der Waals surface area (Å²) < 4.78 is 3.82. The highest BCUT2D eigenvalue weighted by Crippen LogP contribution is 2.32. The van der Waals surface area contributed by atoms with Crippen LogP contribution in [0.1, 0.15) is 40.8 Å². The first-order valence-corrected chi connectivity index (χ1v) is 8.39. The molecule has 0 bridgehead atoms. The lowest BCUT2D eigenvalue weighted by Crippen LogP contribution is -2.31. The molecule has 4 rings (SSSR count). The summed E-state index contributed by atoms with van der Waals surface area (Å²) in [6, 6.07) is 7.59. The molecule has 128 valence electrons.